The van der Waals surface area contributed by atoms with Crippen molar-refractivity contribution in [2.75, 3.05) is 18.5 Å². The molecule has 7 heteroatoms. The van der Waals surface area contributed by atoms with Gasteiger partial charge in [0.1, 0.15) is 11.6 Å². The maximum Gasteiger partial charge on any atom is 0.344 e. The van der Waals surface area contributed by atoms with Crippen molar-refractivity contribution < 1.29 is 23.5 Å². The number of hydrogen-bond acceptors (Lipinski definition) is 4. The van der Waals surface area contributed by atoms with Crippen LogP contribution in [0.3, 0.4) is 0 Å². The van der Waals surface area contributed by atoms with E-state index in [4.69, 9.17) is 21.1 Å². The minimum atomic E-state index is -0.708. The van der Waals surface area contributed by atoms with Crippen molar-refractivity contribution in [3.63, 3.8) is 0 Å². The number of carbonyl (C=O) groups is 2. The fourth-order valence-electron chi connectivity index (χ4n) is 1.59. The molecule has 0 aromatic heterocycles. The van der Waals surface area contributed by atoms with Crippen LogP contribution in [0.5, 0.6) is 5.75 Å². The maximum absolute atomic E-state index is 12.7. The number of rotatable bonds is 6. The van der Waals surface area contributed by atoms with Crippen molar-refractivity contribution in [1.82, 2.24) is 0 Å². The molecule has 0 atom stereocenters. The molecule has 0 aliphatic heterocycles. The van der Waals surface area contributed by atoms with E-state index >= 15 is 0 Å². The lowest BCUT2D eigenvalue weighted by Crippen LogP contribution is -2.23. The van der Waals surface area contributed by atoms with Gasteiger partial charge in [0.2, 0.25) is 0 Å². The van der Waals surface area contributed by atoms with E-state index < -0.39 is 24.3 Å². The molecule has 1 N–H and O–H groups in total. The summed E-state index contributed by atoms with van der Waals surface area (Å²) in [5, 5.41) is 3.10. The van der Waals surface area contributed by atoms with Crippen LogP contribution in [0.25, 0.3) is 0 Å². The van der Waals surface area contributed by atoms with E-state index in [9.17, 15) is 14.0 Å². The molecule has 0 saturated carbocycles. The van der Waals surface area contributed by atoms with Gasteiger partial charge in [0, 0.05) is 10.7 Å². The Morgan fingerprint density at radius 3 is 2.30 bits per heavy atom. The highest BCUT2D eigenvalue weighted by Crippen LogP contribution is 2.13. The molecule has 2 aromatic carbocycles. The predicted molar refractivity (Wildman–Crippen MR) is 82.9 cm³/mol. The third kappa shape index (κ3) is 5.96. The van der Waals surface area contributed by atoms with E-state index in [1.807, 2.05) is 0 Å². The average Bonchev–Trinajstić information content (AvgIpc) is 2.54. The van der Waals surface area contributed by atoms with Gasteiger partial charge in [-0.1, -0.05) is 11.6 Å². The van der Waals surface area contributed by atoms with Crippen molar-refractivity contribution in [3.05, 3.63) is 59.4 Å². The average molecular weight is 338 g/mol. The smallest absolute Gasteiger partial charge is 0.344 e. The number of esters is 1. The number of amides is 1. The molecule has 23 heavy (non-hydrogen) atoms. The lowest BCUT2D eigenvalue weighted by atomic mass is 10.3. The van der Waals surface area contributed by atoms with Crippen molar-refractivity contribution >= 4 is 29.2 Å². The molecule has 0 unspecified atom stereocenters. The van der Waals surface area contributed by atoms with Gasteiger partial charge in [0.25, 0.3) is 5.91 Å². The van der Waals surface area contributed by atoms with Crippen LogP contribution in [0.15, 0.2) is 48.5 Å². The highest BCUT2D eigenvalue weighted by molar-refractivity contribution is 6.30. The Balaban J connectivity index is 1.70. The Kier molecular flexibility index (Phi) is 5.94. The summed E-state index contributed by atoms with van der Waals surface area (Å²) >= 11 is 5.73. The molecule has 0 saturated heterocycles. The minimum absolute atomic E-state index is 0.328. The Labute approximate surface area is 137 Å². The van der Waals surface area contributed by atoms with Crippen LogP contribution in [-0.2, 0) is 14.3 Å². The molecule has 5 nitrogen and oxygen atoms in total. The minimum Gasteiger partial charge on any atom is -0.482 e. The molecule has 0 spiro atoms. The van der Waals surface area contributed by atoms with Crippen molar-refractivity contribution in [3.8, 4) is 5.75 Å². The first kappa shape index (κ1) is 16.8. The summed E-state index contributed by atoms with van der Waals surface area (Å²) in [6.45, 7) is -0.811. The second-order valence-electron chi connectivity index (χ2n) is 4.46. The molecular formula is C16H13ClFNO4. The molecule has 2 aromatic rings. The lowest BCUT2D eigenvalue weighted by Gasteiger charge is -2.08. The predicted octanol–water partition coefficient (Wildman–Crippen LogP) is 3.04. The lowest BCUT2D eigenvalue weighted by molar-refractivity contribution is -0.149. The van der Waals surface area contributed by atoms with E-state index in [1.165, 1.54) is 24.3 Å². The summed E-state index contributed by atoms with van der Waals surface area (Å²) in [6.07, 6.45) is 0. The highest BCUT2D eigenvalue weighted by atomic mass is 35.5. The van der Waals surface area contributed by atoms with Crippen molar-refractivity contribution in [2.24, 2.45) is 0 Å². The number of benzene rings is 2. The normalized spacial score (nSPS) is 10.0. The maximum atomic E-state index is 12.7. The largest absolute Gasteiger partial charge is 0.482 e. The van der Waals surface area contributed by atoms with Crippen LogP contribution in [0.1, 0.15) is 0 Å². The summed E-state index contributed by atoms with van der Waals surface area (Å²) in [5.41, 5.74) is 0.540. The summed E-state index contributed by atoms with van der Waals surface area (Å²) in [5.74, 6) is -1.27. The van der Waals surface area contributed by atoms with Gasteiger partial charge in [0.15, 0.2) is 13.2 Å². The van der Waals surface area contributed by atoms with Gasteiger partial charge in [0.05, 0.1) is 0 Å². The first-order chi connectivity index (χ1) is 11.0. The number of halogens is 2. The molecular weight excluding hydrogens is 325 g/mol. The summed E-state index contributed by atoms with van der Waals surface area (Å²) < 4.78 is 22.6. The van der Waals surface area contributed by atoms with Crippen LogP contribution in [-0.4, -0.2) is 25.1 Å². The number of carbonyl (C=O) groups excluding carboxylic acids is 2. The molecule has 0 heterocycles. The summed E-state index contributed by atoms with van der Waals surface area (Å²) in [6, 6.07) is 11.7. The third-order valence-electron chi connectivity index (χ3n) is 2.66. The van der Waals surface area contributed by atoms with Gasteiger partial charge >= 0.3 is 5.97 Å². The van der Waals surface area contributed by atoms with Gasteiger partial charge in [-0.05, 0) is 48.5 Å². The first-order valence-electron chi connectivity index (χ1n) is 6.62. The molecule has 120 valence electrons. The third-order valence-corrected chi connectivity index (χ3v) is 2.91. The van der Waals surface area contributed by atoms with Gasteiger partial charge in [-0.3, -0.25) is 4.79 Å². The zero-order chi connectivity index (χ0) is 16.7. The van der Waals surface area contributed by atoms with Crippen LogP contribution in [0.2, 0.25) is 5.02 Å². The van der Waals surface area contributed by atoms with Gasteiger partial charge in [-0.2, -0.15) is 0 Å². The van der Waals surface area contributed by atoms with Crippen LogP contribution in [0.4, 0.5) is 10.1 Å². The van der Waals surface area contributed by atoms with Crippen molar-refractivity contribution in [1.29, 1.82) is 0 Å². The number of ether oxygens (including phenoxy) is 2. The Bertz CT molecular complexity index is 673. The second-order valence-corrected chi connectivity index (χ2v) is 4.89. The Morgan fingerprint density at radius 2 is 1.65 bits per heavy atom. The quantitative estimate of drug-likeness (QED) is 0.823. The fraction of sp³-hybridized carbons (Fsp3) is 0.125. The Hall–Kier alpha value is -2.60. The van der Waals surface area contributed by atoms with Crippen LogP contribution < -0.4 is 10.1 Å². The molecule has 0 fully saturated rings. The molecule has 0 bridgehead atoms. The first-order valence-corrected chi connectivity index (χ1v) is 7.00. The number of anilines is 1. The van der Waals surface area contributed by atoms with Gasteiger partial charge in [-0.15, -0.1) is 0 Å². The summed E-state index contributed by atoms with van der Waals surface area (Å²) in [4.78, 5) is 23.1. The zero-order valence-corrected chi connectivity index (χ0v) is 12.7. The van der Waals surface area contributed by atoms with Crippen LogP contribution in [0, 0.1) is 5.82 Å². The van der Waals surface area contributed by atoms with E-state index in [2.05, 4.69) is 5.32 Å². The SMILES string of the molecule is O=C(COC(=O)COc1ccc(F)cc1)Nc1ccc(Cl)cc1. The fourth-order valence-corrected chi connectivity index (χ4v) is 1.72. The zero-order valence-electron chi connectivity index (χ0n) is 11.9. The molecule has 0 aliphatic carbocycles. The molecule has 0 radical (unpaired) electrons. The molecule has 1 amide bonds. The Morgan fingerprint density at radius 1 is 1.00 bits per heavy atom. The highest BCUT2D eigenvalue weighted by Gasteiger charge is 2.09. The second kappa shape index (κ2) is 8.14. The van der Waals surface area contributed by atoms with E-state index in [0.29, 0.717) is 16.5 Å². The molecule has 2 rings (SSSR count). The van der Waals surface area contributed by atoms with Gasteiger partial charge in [-0.25, -0.2) is 9.18 Å². The van der Waals surface area contributed by atoms with E-state index in [-0.39, 0.29) is 6.61 Å². The van der Waals surface area contributed by atoms with Crippen LogP contribution >= 0.6 is 11.6 Å². The number of hydrogen-bond donors (Lipinski definition) is 1. The monoisotopic (exact) mass is 337 g/mol. The van der Waals surface area contributed by atoms with Gasteiger partial charge < -0.3 is 14.8 Å². The standard InChI is InChI=1S/C16H13ClFNO4/c17-11-1-5-13(6-2-11)19-15(20)9-23-16(21)10-22-14-7-3-12(18)4-8-14/h1-8H,9-10H2,(H,19,20). The van der Waals surface area contributed by atoms with E-state index in [1.54, 1.807) is 24.3 Å². The number of nitrogens with one attached hydrogen (secondary N) is 1. The van der Waals surface area contributed by atoms with Crippen molar-refractivity contribution in [2.45, 2.75) is 0 Å². The summed E-state index contributed by atoms with van der Waals surface area (Å²) in [7, 11) is 0. The van der Waals surface area contributed by atoms with E-state index in [0.717, 1.165) is 0 Å². The molecule has 0 aliphatic rings. The topological polar surface area (TPSA) is 64.6 Å².